The molecule has 0 unspecified atom stereocenters. The molecule has 6 heteroatoms. The summed E-state index contributed by atoms with van der Waals surface area (Å²) < 4.78 is 17.7. The average molecular weight is 497 g/mol. The first-order valence-electron chi connectivity index (χ1n) is 10.1. The second kappa shape index (κ2) is 10.9. The monoisotopic (exact) mass is 496 g/mol. The lowest BCUT2D eigenvalue weighted by atomic mass is 10.0. The number of halogens is 1. The molecule has 0 spiro atoms. The molecular weight excluding hydrogens is 472 g/mol. The minimum absolute atomic E-state index is 0.0421. The Hall–Kier alpha value is -3.25. The van der Waals surface area contributed by atoms with Gasteiger partial charge in [0, 0.05) is 4.47 Å². The Morgan fingerprint density at radius 2 is 1.69 bits per heavy atom. The molecule has 0 aliphatic rings. The van der Waals surface area contributed by atoms with Crippen molar-refractivity contribution >= 4 is 27.8 Å². The minimum Gasteiger partial charge on any atom is -0.507 e. The molecule has 5 nitrogen and oxygen atoms in total. The van der Waals surface area contributed by atoms with Crippen LogP contribution in [-0.4, -0.2) is 25.1 Å². The number of carbonyl (C=O) groups excluding carboxylic acids is 1. The highest BCUT2D eigenvalue weighted by molar-refractivity contribution is 9.10. The maximum absolute atomic E-state index is 12.7. The molecule has 0 bridgehead atoms. The molecule has 3 aromatic rings. The zero-order valence-corrected chi connectivity index (χ0v) is 19.8. The Bertz CT molecular complexity index is 1100. The van der Waals surface area contributed by atoms with E-state index in [9.17, 15) is 9.90 Å². The number of ketones is 1. The number of phenolic OH excluding ortho intramolecular Hbond substituents is 1. The summed E-state index contributed by atoms with van der Waals surface area (Å²) in [5.41, 5.74) is 2.88. The van der Waals surface area contributed by atoms with Crippen molar-refractivity contribution in [3.63, 3.8) is 0 Å². The van der Waals surface area contributed by atoms with Crippen molar-refractivity contribution < 1.29 is 24.1 Å². The molecule has 0 radical (unpaired) electrons. The van der Waals surface area contributed by atoms with Crippen LogP contribution in [0.1, 0.15) is 34.0 Å². The summed E-state index contributed by atoms with van der Waals surface area (Å²) in [6.45, 7) is 2.35. The van der Waals surface area contributed by atoms with Gasteiger partial charge in [-0.3, -0.25) is 4.79 Å². The Morgan fingerprint density at radius 1 is 1.03 bits per heavy atom. The Morgan fingerprint density at radius 3 is 2.28 bits per heavy atom. The quantitative estimate of drug-likeness (QED) is 0.281. The van der Waals surface area contributed by atoms with Gasteiger partial charge in [-0.25, -0.2) is 0 Å². The normalized spacial score (nSPS) is 10.9. The van der Waals surface area contributed by atoms with Crippen LogP contribution in [0, 0.1) is 0 Å². The number of ether oxygens (including phenoxy) is 3. The van der Waals surface area contributed by atoms with Crippen LogP contribution in [0.15, 0.2) is 65.1 Å². The topological polar surface area (TPSA) is 65.0 Å². The zero-order chi connectivity index (χ0) is 23.1. The Labute approximate surface area is 196 Å². The van der Waals surface area contributed by atoms with Crippen LogP contribution < -0.4 is 14.2 Å². The van der Waals surface area contributed by atoms with Gasteiger partial charge in [0.1, 0.15) is 12.4 Å². The van der Waals surface area contributed by atoms with E-state index < -0.39 is 0 Å². The fraction of sp³-hybridized carbons (Fsp3) is 0.192. The molecule has 0 saturated carbocycles. The van der Waals surface area contributed by atoms with Crippen LogP contribution >= 0.6 is 15.9 Å². The van der Waals surface area contributed by atoms with Crippen molar-refractivity contribution in [2.24, 2.45) is 0 Å². The van der Waals surface area contributed by atoms with Crippen molar-refractivity contribution in [1.82, 2.24) is 0 Å². The fourth-order valence-electron chi connectivity index (χ4n) is 3.20. The Balaban J connectivity index is 1.84. The third-order valence-electron chi connectivity index (χ3n) is 4.95. The van der Waals surface area contributed by atoms with Crippen LogP contribution in [0.3, 0.4) is 0 Å². The molecule has 166 valence electrons. The van der Waals surface area contributed by atoms with Crippen LogP contribution in [0.25, 0.3) is 6.08 Å². The molecule has 0 aliphatic heterocycles. The number of carbonyl (C=O) groups is 1. The van der Waals surface area contributed by atoms with E-state index in [-0.39, 0.29) is 17.1 Å². The van der Waals surface area contributed by atoms with E-state index in [0.29, 0.717) is 29.4 Å². The van der Waals surface area contributed by atoms with E-state index in [2.05, 4.69) is 15.9 Å². The van der Waals surface area contributed by atoms with Gasteiger partial charge in [-0.1, -0.05) is 59.3 Å². The van der Waals surface area contributed by atoms with Gasteiger partial charge < -0.3 is 19.3 Å². The van der Waals surface area contributed by atoms with Gasteiger partial charge in [0.15, 0.2) is 17.3 Å². The smallest absolute Gasteiger partial charge is 0.203 e. The summed E-state index contributed by atoms with van der Waals surface area (Å²) in [6.07, 6.45) is 3.80. The molecule has 0 saturated heterocycles. The van der Waals surface area contributed by atoms with Gasteiger partial charge in [-0.05, 0) is 53.5 Å². The molecule has 0 atom stereocenters. The van der Waals surface area contributed by atoms with E-state index in [1.807, 2.05) is 37.3 Å². The molecule has 32 heavy (non-hydrogen) atoms. The van der Waals surface area contributed by atoms with Crippen LogP contribution in [0.4, 0.5) is 0 Å². The second-order valence-corrected chi connectivity index (χ2v) is 7.90. The lowest BCUT2D eigenvalue weighted by molar-refractivity contribution is 0.104. The number of hydrogen-bond acceptors (Lipinski definition) is 5. The maximum Gasteiger partial charge on any atom is 0.203 e. The van der Waals surface area contributed by atoms with Crippen LogP contribution in [0.2, 0.25) is 0 Å². The number of rotatable bonds is 9. The number of phenols is 1. The summed E-state index contributed by atoms with van der Waals surface area (Å²) in [7, 11) is 3.10. The largest absolute Gasteiger partial charge is 0.507 e. The third kappa shape index (κ3) is 5.51. The molecule has 0 amide bonds. The van der Waals surface area contributed by atoms with Crippen molar-refractivity contribution in [3.8, 4) is 23.0 Å². The zero-order valence-electron chi connectivity index (χ0n) is 18.2. The molecule has 0 heterocycles. The van der Waals surface area contributed by atoms with Gasteiger partial charge in [-0.15, -0.1) is 0 Å². The molecule has 3 rings (SSSR count). The predicted octanol–water partition coefficient (Wildman–Crippen LogP) is 6.21. The first-order chi connectivity index (χ1) is 15.5. The Kier molecular flexibility index (Phi) is 7.95. The lowest BCUT2D eigenvalue weighted by Crippen LogP contribution is -2.01. The molecule has 0 aliphatic carbocycles. The number of methoxy groups -OCH3 is 2. The van der Waals surface area contributed by atoms with Crippen molar-refractivity contribution in [1.29, 1.82) is 0 Å². The molecule has 3 aromatic carbocycles. The molecule has 0 fully saturated rings. The lowest BCUT2D eigenvalue weighted by Gasteiger charge is -2.15. The van der Waals surface area contributed by atoms with Gasteiger partial charge >= 0.3 is 0 Å². The first-order valence-corrected chi connectivity index (χ1v) is 10.9. The molecule has 1 N–H and O–H groups in total. The number of hydrogen-bond donors (Lipinski definition) is 1. The highest BCUT2D eigenvalue weighted by atomic mass is 79.9. The fourth-order valence-corrected chi connectivity index (χ4v) is 3.83. The van der Waals surface area contributed by atoms with Crippen molar-refractivity contribution in [2.75, 3.05) is 14.2 Å². The van der Waals surface area contributed by atoms with Gasteiger partial charge in [-0.2, -0.15) is 0 Å². The second-order valence-electron chi connectivity index (χ2n) is 7.04. The molecular formula is C26H25BrO5. The summed E-state index contributed by atoms with van der Waals surface area (Å²) in [4.78, 5) is 12.7. The standard InChI is InChI=1S/C26H25BrO5/c1-4-19-14-23(29)20(15-21(19)27)22(28)11-10-18-12-24(30-2)26(25(13-18)31-3)32-16-17-8-6-5-7-9-17/h5-15,29H,4,16H2,1-3H3/b11-10+. The number of allylic oxidation sites excluding steroid dienone is 1. The number of aryl methyl sites for hydroxylation is 1. The van der Waals surface area contributed by atoms with Crippen molar-refractivity contribution in [2.45, 2.75) is 20.0 Å². The van der Waals surface area contributed by atoms with Crippen LogP contribution in [-0.2, 0) is 13.0 Å². The summed E-state index contributed by atoms with van der Waals surface area (Å²) in [5, 5.41) is 10.2. The number of aromatic hydroxyl groups is 1. The highest BCUT2D eigenvalue weighted by Gasteiger charge is 2.15. The summed E-state index contributed by atoms with van der Waals surface area (Å²) >= 11 is 3.45. The van der Waals surface area contributed by atoms with E-state index in [1.165, 1.54) is 6.08 Å². The SMILES string of the molecule is CCc1cc(O)c(C(=O)/C=C/c2cc(OC)c(OCc3ccccc3)c(OC)c2)cc1Br. The summed E-state index contributed by atoms with van der Waals surface area (Å²) in [5.74, 6) is 1.11. The predicted molar refractivity (Wildman–Crippen MR) is 129 cm³/mol. The number of benzene rings is 3. The van der Waals surface area contributed by atoms with Crippen LogP contribution in [0.5, 0.6) is 23.0 Å². The maximum atomic E-state index is 12.7. The average Bonchev–Trinajstić information content (AvgIpc) is 2.82. The summed E-state index contributed by atoms with van der Waals surface area (Å²) in [6, 6.07) is 16.6. The van der Waals surface area contributed by atoms with Gasteiger partial charge in [0.2, 0.25) is 5.75 Å². The van der Waals surface area contributed by atoms with Gasteiger partial charge in [0.05, 0.1) is 19.8 Å². The highest BCUT2D eigenvalue weighted by Crippen LogP contribution is 2.39. The van der Waals surface area contributed by atoms with Crippen molar-refractivity contribution in [3.05, 3.63) is 87.4 Å². The first kappa shape index (κ1) is 23.4. The van der Waals surface area contributed by atoms with E-state index >= 15 is 0 Å². The molecule has 0 aromatic heterocycles. The van der Waals surface area contributed by atoms with E-state index in [0.717, 1.165) is 22.0 Å². The van der Waals surface area contributed by atoms with E-state index in [4.69, 9.17) is 14.2 Å². The third-order valence-corrected chi connectivity index (χ3v) is 5.69. The minimum atomic E-state index is -0.312. The van der Waals surface area contributed by atoms with Gasteiger partial charge in [0.25, 0.3) is 0 Å². The van der Waals surface area contributed by atoms with E-state index in [1.54, 1.807) is 44.6 Å².